The molecule has 1 aliphatic heterocycles. The Morgan fingerprint density at radius 3 is 2.55 bits per heavy atom. The predicted octanol–water partition coefficient (Wildman–Crippen LogP) is 5.25. The Labute approximate surface area is 221 Å². The maximum atomic E-state index is 13.7. The van der Waals surface area contributed by atoms with Gasteiger partial charge in [0.25, 0.3) is 0 Å². The summed E-state index contributed by atoms with van der Waals surface area (Å²) in [5.74, 6) is 1.01. The SMILES string of the molecule is Cc1cc2c(C#N)cccc2n1C1=Nn2c(N)ccc2C(N(Cc2ccccc2)C(=O)OC(C)(C)C)N1C. The van der Waals surface area contributed by atoms with Crippen molar-refractivity contribution in [3.8, 4) is 6.07 Å². The zero-order valence-corrected chi connectivity index (χ0v) is 22.2. The molecule has 2 aromatic carbocycles. The molecule has 5 rings (SSSR count). The predicted molar refractivity (Wildman–Crippen MR) is 147 cm³/mol. The van der Waals surface area contributed by atoms with Gasteiger partial charge in [0.2, 0.25) is 5.96 Å². The van der Waals surface area contributed by atoms with Crippen molar-refractivity contribution >= 4 is 28.8 Å². The molecule has 2 N–H and O–H groups in total. The Hall–Kier alpha value is -4.71. The highest BCUT2D eigenvalue weighted by Crippen LogP contribution is 2.35. The second kappa shape index (κ2) is 9.30. The summed E-state index contributed by atoms with van der Waals surface area (Å²) in [7, 11) is 1.90. The number of nitrogens with zero attached hydrogens (tertiary/aromatic N) is 6. The third kappa shape index (κ3) is 4.34. The Kier molecular flexibility index (Phi) is 6.11. The van der Waals surface area contributed by atoms with E-state index in [1.54, 1.807) is 21.7 Å². The van der Waals surface area contributed by atoms with Crippen LogP contribution in [0.25, 0.3) is 10.9 Å². The number of nitriles is 1. The fourth-order valence-electron chi connectivity index (χ4n) is 4.89. The average molecular weight is 510 g/mol. The number of aromatic nitrogens is 2. The van der Waals surface area contributed by atoms with Gasteiger partial charge in [0.1, 0.15) is 11.4 Å². The molecule has 1 aliphatic rings. The second-order valence-electron chi connectivity index (χ2n) is 10.4. The highest BCUT2D eigenvalue weighted by molar-refractivity contribution is 5.98. The molecule has 0 bridgehead atoms. The molecule has 1 atom stereocenters. The summed E-state index contributed by atoms with van der Waals surface area (Å²) < 4.78 is 9.54. The maximum absolute atomic E-state index is 13.7. The first-order chi connectivity index (χ1) is 18.1. The van der Waals surface area contributed by atoms with Crippen molar-refractivity contribution < 1.29 is 9.53 Å². The number of benzene rings is 2. The Bertz CT molecular complexity index is 1580. The first kappa shape index (κ1) is 25.0. The Morgan fingerprint density at radius 2 is 1.87 bits per heavy atom. The van der Waals surface area contributed by atoms with E-state index in [4.69, 9.17) is 15.6 Å². The molecule has 4 aromatic rings. The maximum Gasteiger partial charge on any atom is 0.412 e. The van der Waals surface area contributed by atoms with Gasteiger partial charge in [-0.3, -0.25) is 9.47 Å². The lowest BCUT2D eigenvalue weighted by molar-refractivity contribution is -0.00344. The molecule has 0 fully saturated rings. The monoisotopic (exact) mass is 509 g/mol. The molecule has 2 aromatic heterocycles. The van der Waals surface area contributed by atoms with E-state index in [0.29, 0.717) is 23.9 Å². The summed E-state index contributed by atoms with van der Waals surface area (Å²) in [6, 6.07) is 23.3. The van der Waals surface area contributed by atoms with Gasteiger partial charge >= 0.3 is 6.09 Å². The minimum Gasteiger partial charge on any atom is -0.444 e. The van der Waals surface area contributed by atoms with Gasteiger partial charge in [0.15, 0.2) is 6.17 Å². The first-order valence-electron chi connectivity index (χ1n) is 12.4. The topological polar surface area (TPSA) is 105 Å². The third-order valence-corrected chi connectivity index (χ3v) is 6.52. The number of rotatable bonds is 3. The molecular formula is C29H31N7O2. The average Bonchev–Trinajstić information content (AvgIpc) is 3.40. The van der Waals surface area contributed by atoms with Gasteiger partial charge in [0.05, 0.1) is 29.4 Å². The summed E-state index contributed by atoms with van der Waals surface area (Å²) >= 11 is 0. The summed E-state index contributed by atoms with van der Waals surface area (Å²) in [6.45, 7) is 7.84. The fourth-order valence-corrected chi connectivity index (χ4v) is 4.89. The van der Waals surface area contributed by atoms with Crippen molar-refractivity contribution in [2.45, 2.75) is 46.0 Å². The van der Waals surface area contributed by atoms with Gasteiger partial charge in [-0.15, -0.1) is 5.10 Å². The van der Waals surface area contributed by atoms with Crippen LogP contribution in [0, 0.1) is 18.3 Å². The molecule has 0 aliphatic carbocycles. The van der Waals surface area contributed by atoms with E-state index < -0.39 is 17.9 Å². The quantitative estimate of drug-likeness (QED) is 0.406. The number of ether oxygens (including phenoxy) is 1. The van der Waals surface area contributed by atoms with Gasteiger partial charge in [0, 0.05) is 18.1 Å². The minimum atomic E-state index is -0.682. The molecular weight excluding hydrogens is 478 g/mol. The molecule has 0 spiro atoms. The van der Waals surface area contributed by atoms with Gasteiger partial charge in [-0.05, 0) is 63.6 Å². The normalized spacial score (nSPS) is 15.1. The summed E-state index contributed by atoms with van der Waals surface area (Å²) in [5.41, 5.74) is 9.70. The molecule has 0 saturated carbocycles. The van der Waals surface area contributed by atoms with Crippen molar-refractivity contribution in [3.63, 3.8) is 0 Å². The number of hydrogen-bond acceptors (Lipinski definition) is 6. The molecule has 3 heterocycles. The number of amides is 1. The first-order valence-corrected chi connectivity index (χ1v) is 12.4. The molecule has 1 amide bonds. The van der Waals surface area contributed by atoms with Crippen molar-refractivity contribution in [2.75, 3.05) is 12.8 Å². The van der Waals surface area contributed by atoms with Crippen molar-refractivity contribution in [1.82, 2.24) is 19.0 Å². The summed E-state index contributed by atoms with van der Waals surface area (Å²) in [4.78, 5) is 17.4. The van der Waals surface area contributed by atoms with Crippen LogP contribution in [0.3, 0.4) is 0 Å². The molecule has 38 heavy (non-hydrogen) atoms. The lowest BCUT2D eigenvalue weighted by Crippen LogP contribution is -2.51. The van der Waals surface area contributed by atoms with Gasteiger partial charge < -0.3 is 15.4 Å². The molecule has 0 saturated heterocycles. The number of carbonyl (C=O) groups is 1. The smallest absolute Gasteiger partial charge is 0.412 e. The number of aryl methyl sites for hydroxylation is 1. The Balaban J connectivity index is 1.68. The van der Waals surface area contributed by atoms with Gasteiger partial charge in [-0.1, -0.05) is 36.4 Å². The van der Waals surface area contributed by atoms with Crippen LogP contribution < -0.4 is 5.73 Å². The third-order valence-electron chi connectivity index (χ3n) is 6.52. The molecule has 9 heteroatoms. The van der Waals surface area contributed by atoms with Gasteiger partial charge in [-0.25, -0.2) is 9.47 Å². The number of fused-ring (bicyclic) bond motifs is 2. The number of carbonyl (C=O) groups excluding carboxylic acids is 1. The van der Waals surface area contributed by atoms with E-state index in [-0.39, 0.29) is 0 Å². The van der Waals surface area contributed by atoms with Crippen molar-refractivity contribution in [1.29, 1.82) is 5.26 Å². The van der Waals surface area contributed by atoms with E-state index in [1.807, 2.05) is 98.8 Å². The van der Waals surface area contributed by atoms with Gasteiger partial charge in [-0.2, -0.15) is 5.26 Å². The van der Waals surface area contributed by atoms with E-state index in [2.05, 4.69) is 6.07 Å². The van der Waals surface area contributed by atoms with Crippen LogP contribution in [-0.4, -0.2) is 43.7 Å². The highest BCUT2D eigenvalue weighted by Gasteiger charge is 2.39. The van der Waals surface area contributed by atoms with Crippen LogP contribution in [0.5, 0.6) is 0 Å². The van der Waals surface area contributed by atoms with E-state index in [9.17, 15) is 10.1 Å². The number of nitrogen functional groups attached to an aromatic ring is 1. The van der Waals surface area contributed by atoms with Crippen molar-refractivity contribution in [3.05, 3.63) is 89.2 Å². The lowest BCUT2D eigenvalue weighted by atomic mass is 10.1. The van der Waals surface area contributed by atoms with Crippen LogP contribution in [0.1, 0.15) is 49.5 Å². The molecule has 194 valence electrons. The van der Waals surface area contributed by atoms with Crippen LogP contribution in [0.15, 0.2) is 71.8 Å². The second-order valence-corrected chi connectivity index (χ2v) is 10.4. The van der Waals surface area contributed by atoms with Crippen molar-refractivity contribution in [2.24, 2.45) is 5.10 Å². The number of anilines is 1. The van der Waals surface area contributed by atoms with E-state index in [0.717, 1.165) is 27.9 Å². The molecule has 9 nitrogen and oxygen atoms in total. The minimum absolute atomic E-state index is 0.313. The van der Waals surface area contributed by atoms with Crippen LogP contribution in [0.4, 0.5) is 10.6 Å². The Morgan fingerprint density at radius 1 is 1.13 bits per heavy atom. The van der Waals surface area contributed by atoms with Crippen LogP contribution in [0.2, 0.25) is 0 Å². The zero-order chi connectivity index (χ0) is 27.2. The van der Waals surface area contributed by atoms with E-state index >= 15 is 0 Å². The zero-order valence-electron chi connectivity index (χ0n) is 22.2. The van der Waals surface area contributed by atoms with Crippen LogP contribution in [-0.2, 0) is 11.3 Å². The summed E-state index contributed by atoms with van der Waals surface area (Å²) in [5, 5.41) is 15.4. The number of nitrogens with two attached hydrogens (primary N) is 1. The lowest BCUT2D eigenvalue weighted by Gasteiger charge is -2.42. The number of hydrogen-bond donors (Lipinski definition) is 1. The van der Waals surface area contributed by atoms with E-state index in [1.165, 1.54) is 0 Å². The largest absolute Gasteiger partial charge is 0.444 e. The highest BCUT2D eigenvalue weighted by atomic mass is 16.6. The fraction of sp³-hybridized carbons (Fsp3) is 0.276. The molecule has 0 radical (unpaired) electrons. The van der Waals surface area contributed by atoms with Crippen LogP contribution >= 0.6 is 0 Å². The summed E-state index contributed by atoms with van der Waals surface area (Å²) in [6.07, 6.45) is -1.03. The molecule has 1 unspecified atom stereocenters. The standard InChI is InChI=1S/C29H31N7O2/c1-19-16-22-21(17-30)12-9-13-23(22)35(19)27-32-36-24(14-15-25(36)31)26(33(27)5)34(28(37)38-29(2,3)4)18-20-10-7-6-8-11-20/h6-16,26H,18,31H2,1-5H3.